The van der Waals surface area contributed by atoms with Crippen molar-refractivity contribution in [3.63, 3.8) is 0 Å². The van der Waals surface area contributed by atoms with Gasteiger partial charge in [0.15, 0.2) is 0 Å². The molecule has 2 atom stereocenters. The van der Waals surface area contributed by atoms with Crippen molar-refractivity contribution >= 4 is 11.9 Å². The molecule has 1 amide bonds. The number of rotatable bonds is 47. The smallest absolute Gasteiger partial charge is 0.305 e. The third-order valence-electron chi connectivity index (χ3n) is 11.9. The summed E-state index contributed by atoms with van der Waals surface area (Å²) in [6, 6.07) is -0.559. The van der Waals surface area contributed by atoms with Crippen LogP contribution >= 0.6 is 0 Å². The van der Waals surface area contributed by atoms with E-state index < -0.39 is 12.1 Å². The Morgan fingerprint density at radius 1 is 0.429 bits per heavy atom. The van der Waals surface area contributed by atoms with E-state index in [0.717, 1.165) is 57.8 Å². The molecular weight excluding hydrogens is 695 g/mol. The van der Waals surface area contributed by atoms with Gasteiger partial charge in [-0.1, -0.05) is 245 Å². The van der Waals surface area contributed by atoms with Crippen molar-refractivity contribution in [3.05, 3.63) is 0 Å². The number of nitrogens with one attached hydrogen (secondary N) is 1. The second kappa shape index (κ2) is 46.5. The molecule has 3 N–H and O–H groups in total. The zero-order valence-corrected chi connectivity index (χ0v) is 37.9. The molecule has 0 aromatic rings. The molecule has 0 saturated carbocycles. The normalized spacial score (nSPS) is 12.6. The van der Waals surface area contributed by atoms with E-state index in [9.17, 15) is 19.8 Å². The summed E-state index contributed by atoms with van der Waals surface area (Å²) in [5, 5.41) is 23.2. The van der Waals surface area contributed by atoms with Gasteiger partial charge < -0.3 is 20.3 Å². The van der Waals surface area contributed by atoms with E-state index in [0.29, 0.717) is 25.9 Å². The van der Waals surface area contributed by atoms with Crippen molar-refractivity contribution in [1.82, 2.24) is 5.32 Å². The summed E-state index contributed by atoms with van der Waals surface area (Å²) in [6.07, 6.45) is 50.6. The van der Waals surface area contributed by atoms with Gasteiger partial charge >= 0.3 is 5.97 Å². The minimum atomic E-state index is -0.679. The van der Waals surface area contributed by atoms with Gasteiger partial charge in [-0.15, -0.1) is 0 Å². The van der Waals surface area contributed by atoms with Gasteiger partial charge in [0.25, 0.3) is 0 Å². The van der Waals surface area contributed by atoms with Crippen LogP contribution in [0.3, 0.4) is 0 Å². The minimum Gasteiger partial charge on any atom is -0.466 e. The summed E-state index contributed by atoms with van der Waals surface area (Å²) >= 11 is 0. The zero-order chi connectivity index (χ0) is 40.8. The average Bonchev–Trinajstić information content (AvgIpc) is 3.20. The van der Waals surface area contributed by atoms with Gasteiger partial charge in [-0.2, -0.15) is 0 Å². The van der Waals surface area contributed by atoms with Crippen LogP contribution in [0.1, 0.15) is 284 Å². The van der Waals surface area contributed by atoms with Crippen molar-refractivity contribution < 1.29 is 24.5 Å². The van der Waals surface area contributed by atoms with E-state index in [2.05, 4.69) is 19.2 Å². The molecule has 0 fully saturated rings. The predicted molar refractivity (Wildman–Crippen MR) is 241 cm³/mol. The first kappa shape index (κ1) is 54.9. The fourth-order valence-corrected chi connectivity index (χ4v) is 7.99. The van der Waals surface area contributed by atoms with E-state index in [-0.39, 0.29) is 18.5 Å². The molecule has 0 radical (unpaired) electrons. The van der Waals surface area contributed by atoms with Crippen LogP contribution in [-0.4, -0.2) is 47.4 Å². The van der Waals surface area contributed by atoms with Crippen molar-refractivity contribution in [3.8, 4) is 0 Å². The monoisotopic (exact) mass is 794 g/mol. The van der Waals surface area contributed by atoms with Gasteiger partial charge in [-0.25, -0.2) is 0 Å². The van der Waals surface area contributed by atoms with Gasteiger partial charge in [0.1, 0.15) is 0 Å². The van der Waals surface area contributed by atoms with E-state index in [4.69, 9.17) is 4.74 Å². The Balaban J connectivity index is 3.47. The molecule has 334 valence electrons. The third kappa shape index (κ3) is 42.5. The number of ether oxygens (including phenoxy) is 1. The van der Waals surface area contributed by atoms with Gasteiger partial charge in [-0.3, -0.25) is 9.59 Å². The molecule has 0 heterocycles. The molecule has 0 saturated heterocycles. The lowest BCUT2D eigenvalue weighted by Crippen LogP contribution is -2.45. The first-order valence-corrected chi connectivity index (χ1v) is 25.3. The van der Waals surface area contributed by atoms with Crippen molar-refractivity contribution in [2.75, 3.05) is 13.2 Å². The molecule has 2 unspecified atom stereocenters. The molecule has 6 nitrogen and oxygen atoms in total. The molecule has 56 heavy (non-hydrogen) atoms. The molecule has 6 heteroatoms. The molecule has 0 aliphatic rings. The molecular formula is C50H99NO5. The summed E-state index contributed by atoms with van der Waals surface area (Å²) in [7, 11) is 0. The molecule has 0 bridgehead atoms. The topological polar surface area (TPSA) is 95.9 Å². The SMILES string of the molecule is CCCCCCCCCCCCCCCCCCC(O)C(CO)NC(=O)CCCCCCCCCCCOC(=O)CCCCCCCCCCCCCCCC. The van der Waals surface area contributed by atoms with Crippen LogP contribution in [0.15, 0.2) is 0 Å². The maximum atomic E-state index is 12.4. The van der Waals surface area contributed by atoms with E-state index >= 15 is 0 Å². The first-order valence-electron chi connectivity index (χ1n) is 25.3. The lowest BCUT2D eigenvalue weighted by atomic mass is 10.0. The van der Waals surface area contributed by atoms with Crippen LogP contribution in [-0.2, 0) is 14.3 Å². The maximum Gasteiger partial charge on any atom is 0.305 e. The van der Waals surface area contributed by atoms with Crippen molar-refractivity contribution in [1.29, 1.82) is 0 Å². The fourth-order valence-electron chi connectivity index (χ4n) is 7.99. The molecule has 0 aromatic heterocycles. The number of carbonyl (C=O) groups excluding carboxylic acids is 2. The van der Waals surface area contributed by atoms with Crippen LogP contribution in [0.4, 0.5) is 0 Å². The highest BCUT2D eigenvalue weighted by Gasteiger charge is 2.20. The number of aliphatic hydroxyl groups is 2. The molecule has 0 aromatic carbocycles. The molecule has 0 spiro atoms. The Labute approximate surface area is 349 Å². The second-order valence-electron chi connectivity index (χ2n) is 17.5. The second-order valence-corrected chi connectivity index (χ2v) is 17.5. The van der Waals surface area contributed by atoms with Crippen LogP contribution in [0.2, 0.25) is 0 Å². The van der Waals surface area contributed by atoms with E-state index in [1.165, 1.54) is 193 Å². The lowest BCUT2D eigenvalue weighted by Gasteiger charge is -2.22. The Kier molecular flexibility index (Phi) is 45.6. The maximum absolute atomic E-state index is 12.4. The van der Waals surface area contributed by atoms with Crippen LogP contribution < -0.4 is 5.32 Å². The number of hydrogen-bond donors (Lipinski definition) is 3. The third-order valence-corrected chi connectivity index (χ3v) is 11.9. The summed E-state index contributed by atoms with van der Waals surface area (Å²) in [4.78, 5) is 24.5. The number of amides is 1. The van der Waals surface area contributed by atoms with Gasteiger partial charge in [0.2, 0.25) is 5.91 Å². The number of carbonyl (C=O) groups is 2. The summed E-state index contributed by atoms with van der Waals surface area (Å²) in [6.45, 7) is 4.90. The molecule has 0 rings (SSSR count). The van der Waals surface area contributed by atoms with Crippen LogP contribution in [0.5, 0.6) is 0 Å². The first-order chi connectivity index (χ1) is 27.5. The van der Waals surface area contributed by atoms with Crippen LogP contribution in [0, 0.1) is 0 Å². The standard InChI is InChI=1S/C50H99NO5/c1-3-5-7-9-11-13-15-17-19-20-21-23-26-30-34-38-42-48(53)47(46-52)51-49(54)43-39-35-31-27-25-29-33-37-41-45-56-50(55)44-40-36-32-28-24-22-18-16-14-12-10-8-6-4-2/h47-48,52-53H,3-46H2,1-2H3,(H,51,54). The average molecular weight is 794 g/mol. The van der Waals surface area contributed by atoms with Gasteiger partial charge in [-0.05, 0) is 25.7 Å². The summed E-state index contributed by atoms with van der Waals surface area (Å²) < 4.78 is 5.45. The zero-order valence-electron chi connectivity index (χ0n) is 37.9. The number of hydrogen-bond acceptors (Lipinski definition) is 5. The Bertz CT molecular complexity index is 791. The van der Waals surface area contributed by atoms with E-state index in [1.807, 2.05) is 0 Å². The highest BCUT2D eigenvalue weighted by atomic mass is 16.5. The van der Waals surface area contributed by atoms with Crippen LogP contribution in [0.25, 0.3) is 0 Å². The van der Waals surface area contributed by atoms with Crippen molar-refractivity contribution in [2.24, 2.45) is 0 Å². The fraction of sp³-hybridized carbons (Fsp3) is 0.960. The van der Waals surface area contributed by atoms with E-state index in [1.54, 1.807) is 0 Å². The predicted octanol–water partition coefficient (Wildman–Crippen LogP) is 14.8. The quantitative estimate of drug-likeness (QED) is 0.0421. The number of esters is 1. The Hall–Kier alpha value is -1.14. The summed E-state index contributed by atoms with van der Waals surface area (Å²) in [5.41, 5.74) is 0. The Morgan fingerprint density at radius 2 is 0.732 bits per heavy atom. The number of aliphatic hydroxyl groups excluding tert-OH is 2. The van der Waals surface area contributed by atoms with Gasteiger partial charge in [0.05, 0.1) is 25.4 Å². The molecule has 0 aliphatic heterocycles. The Morgan fingerprint density at radius 3 is 1.09 bits per heavy atom. The largest absolute Gasteiger partial charge is 0.466 e. The highest BCUT2D eigenvalue weighted by Crippen LogP contribution is 2.17. The minimum absolute atomic E-state index is 0.0220. The van der Waals surface area contributed by atoms with Crippen molar-refractivity contribution in [2.45, 2.75) is 296 Å². The highest BCUT2D eigenvalue weighted by molar-refractivity contribution is 5.76. The summed E-state index contributed by atoms with van der Waals surface area (Å²) in [5.74, 6) is -0.0818. The lowest BCUT2D eigenvalue weighted by molar-refractivity contribution is -0.143. The number of unbranched alkanes of at least 4 members (excludes halogenated alkanes) is 36. The van der Waals surface area contributed by atoms with Gasteiger partial charge in [0, 0.05) is 12.8 Å². The molecule has 0 aliphatic carbocycles.